The molecule has 2 unspecified atom stereocenters. The zero-order chi connectivity index (χ0) is 8.43. The van der Waals surface area contributed by atoms with Crippen molar-refractivity contribution in [3.05, 3.63) is 12.2 Å². The van der Waals surface area contributed by atoms with Gasteiger partial charge in [0.25, 0.3) is 0 Å². The molecule has 1 aliphatic carbocycles. The zero-order valence-corrected chi connectivity index (χ0v) is 7.09. The van der Waals surface area contributed by atoms with Crippen molar-refractivity contribution in [2.75, 3.05) is 6.61 Å². The highest BCUT2D eigenvalue weighted by atomic mass is 16.5. The average Bonchev–Trinajstić information content (AvgIpc) is 2.65. The Morgan fingerprint density at radius 3 is 2.64 bits per heavy atom. The van der Waals surface area contributed by atoms with Crippen LogP contribution >= 0.6 is 0 Å². The minimum atomic E-state index is -0.0551. The number of hydrogen-bond donors (Lipinski definition) is 0. The Morgan fingerprint density at radius 1 is 1.64 bits per heavy atom. The molecule has 2 nitrogen and oxygen atoms in total. The van der Waals surface area contributed by atoms with E-state index in [-0.39, 0.29) is 11.9 Å². The molecule has 0 spiro atoms. The summed E-state index contributed by atoms with van der Waals surface area (Å²) in [4.78, 5) is 11.1. The number of ether oxygens (including phenoxy) is 1. The Morgan fingerprint density at radius 2 is 2.27 bits per heavy atom. The first-order valence-electron chi connectivity index (χ1n) is 3.98. The van der Waals surface area contributed by atoms with Gasteiger partial charge in [0.1, 0.15) is 0 Å². The van der Waals surface area contributed by atoms with Gasteiger partial charge in [-0.15, -0.1) is 0 Å². The maximum atomic E-state index is 11.1. The van der Waals surface area contributed by atoms with Crippen molar-refractivity contribution < 1.29 is 9.53 Å². The molecule has 0 saturated heterocycles. The summed E-state index contributed by atoms with van der Waals surface area (Å²) in [6.07, 6.45) is 0.939. The minimum absolute atomic E-state index is 0.0551. The molecular weight excluding hydrogens is 140 g/mol. The van der Waals surface area contributed by atoms with Crippen molar-refractivity contribution in [3.63, 3.8) is 0 Å². The van der Waals surface area contributed by atoms with Crippen LogP contribution in [0.1, 0.15) is 20.3 Å². The van der Waals surface area contributed by atoms with Gasteiger partial charge in [0.2, 0.25) is 0 Å². The molecule has 2 heteroatoms. The van der Waals surface area contributed by atoms with Crippen LogP contribution in [0.2, 0.25) is 0 Å². The van der Waals surface area contributed by atoms with Crippen LogP contribution in [0.4, 0.5) is 0 Å². The standard InChI is InChI=1S/C9H14O2/c1-4-11-9(10)8-5-7(8)6(2)3/h7-8H,2,4-5H2,1,3H3. The Labute approximate surface area is 67.2 Å². The molecule has 1 fully saturated rings. The lowest BCUT2D eigenvalue weighted by molar-refractivity contribution is -0.144. The number of rotatable bonds is 3. The molecule has 11 heavy (non-hydrogen) atoms. The van der Waals surface area contributed by atoms with Crippen LogP contribution in [-0.4, -0.2) is 12.6 Å². The Balaban J connectivity index is 2.32. The summed E-state index contributed by atoms with van der Waals surface area (Å²) in [6.45, 7) is 8.08. The highest BCUT2D eigenvalue weighted by Crippen LogP contribution is 2.43. The first-order valence-corrected chi connectivity index (χ1v) is 3.98. The Bertz CT molecular complexity index is 184. The summed E-state index contributed by atoms with van der Waals surface area (Å²) in [5.41, 5.74) is 1.10. The van der Waals surface area contributed by atoms with E-state index < -0.39 is 0 Å². The van der Waals surface area contributed by atoms with Gasteiger partial charge in [0.05, 0.1) is 12.5 Å². The third kappa shape index (κ3) is 1.82. The third-order valence-corrected chi connectivity index (χ3v) is 2.01. The van der Waals surface area contributed by atoms with E-state index in [1.54, 1.807) is 0 Å². The molecule has 1 rings (SSSR count). The van der Waals surface area contributed by atoms with E-state index in [0.29, 0.717) is 12.5 Å². The molecule has 1 saturated carbocycles. The summed E-state index contributed by atoms with van der Waals surface area (Å²) in [5, 5.41) is 0. The van der Waals surface area contributed by atoms with Crippen molar-refractivity contribution in [2.45, 2.75) is 20.3 Å². The van der Waals surface area contributed by atoms with E-state index in [4.69, 9.17) is 4.74 Å². The second kappa shape index (κ2) is 3.07. The van der Waals surface area contributed by atoms with E-state index in [2.05, 4.69) is 6.58 Å². The molecule has 0 radical (unpaired) electrons. The topological polar surface area (TPSA) is 26.3 Å². The lowest BCUT2D eigenvalue weighted by atomic mass is 10.2. The average molecular weight is 154 g/mol. The number of esters is 1. The molecule has 0 bridgehead atoms. The molecule has 0 aromatic carbocycles. The molecule has 0 heterocycles. The molecule has 0 aromatic rings. The van der Waals surface area contributed by atoms with Crippen molar-refractivity contribution in [1.82, 2.24) is 0 Å². The number of carbonyl (C=O) groups excluding carboxylic acids is 1. The summed E-state index contributed by atoms with van der Waals surface area (Å²) in [7, 11) is 0. The molecule has 1 aliphatic rings. The van der Waals surface area contributed by atoms with Crippen LogP contribution in [0.3, 0.4) is 0 Å². The summed E-state index contributed by atoms with van der Waals surface area (Å²) in [6, 6.07) is 0. The normalized spacial score (nSPS) is 27.8. The van der Waals surface area contributed by atoms with Gasteiger partial charge in [0, 0.05) is 0 Å². The van der Waals surface area contributed by atoms with Gasteiger partial charge in [-0.3, -0.25) is 4.79 Å². The molecule has 2 atom stereocenters. The predicted molar refractivity (Wildman–Crippen MR) is 43.0 cm³/mol. The lowest BCUT2D eigenvalue weighted by Gasteiger charge is -1.99. The monoisotopic (exact) mass is 154 g/mol. The molecule has 62 valence electrons. The van der Waals surface area contributed by atoms with Gasteiger partial charge in [0.15, 0.2) is 0 Å². The molecule has 0 aliphatic heterocycles. The van der Waals surface area contributed by atoms with Crippen LogP contribution in [0.25, 0.3) is 0 Å². The summed E-state index contributed by atoms with van der Waals surface area (Å²) in [5.74, 6) is 0.460. The third-order valence-electron chi connectivity index (χ3n) is 2.01. The van der Waals surface area contributed by atoms with Gasteiger partial charge >= 0.3 is 5.97 Å². The van der Waals surface area contributed by atoms with Crippen molar-refractivity contribution in [3.8, 4) is 0 Å². The molecule has 0 N–H and O–H groups in total. The van der Waals surface area contributed by atoms with E-state index in [1.807, 2.05) is 13.8 Å². The molecular formula is C9H14O2. The van der Waals surface area contributed by atoms with Gasteiger partial charge in [-0.25, -0.2) is 0 Å². The number of carbonyl (C=O) groups is 1. The van der Waals surface area contributed by atoms with E-state index in [0.717, 1.165) is 12.0 Å². The smallest absolute Gasteiger partial charge is 0.309 e. The second-order valence-electron chi connectivity index (χ2n) is 3.05. The fraction of sp³-hybridized carbons (Fsp3) is 0.667. The fourth-order valence-corrected chi connectivity index (χ4v) is 1.25. The van der Waals surface area contributed by atoms with E-state index >= 15 is 0 Å². The highest BCUT2D eigenvalue weighted by Gasteiger charge is 2.44. The van der Waals surface area contributed by atoms with Gasteiger partial charge in [-0.2, -0.15) is 0 Å². The zero-order valence-electron chi connectivity index (χ0n) is 7.09. The lowest BCUT2D eigenvalue weighted by Crippen LogP contribution is -2.07. The Kier molecular flexibility index (Phi) is 2.32. The predicted octanol–water partition coefficient (Wildman–Crippen LogP) is 1.76. The van der Waals surface area contributed by atoms with E-state index in [1.165, 1.54) is 0 Å². The first kappa shape index (κ1) is 8.31. The minimum Gasteiger partial charge on any atom is -0.466 e. The quantitative estimate of drug-likeness (QED) is 0.457. The summed E-state index contributed by atoms with van der Waals surface area (Å²) >= 11 is 0. The SMILES string of the molecule is C=C(C)C1CC1C(=O)OCC. The van der Waals surface area contributed by atoms with Gasteiger partial charge in [-0.05, 0) is 26.2 Å². The maximum absolute atomic E-state index is 11.1. The van der Waals surface area contributed by atoms with Crippen molar-refractivity contribution >= 4 is 5.97 Å². The number of allylic oxidation sites excluding steroid dienone is 1. The van der Waals surface area contributed by atoms with Gasteiger partial charge in [-0.1, -0.05) is 12.2 Å². The van der Waals surface area contributed by atoms with Crippen molar-refractivity contribution in [1.29, 1.82) is 0 Å². The number of hydrogen-bond acceptors (Lipinski definition) is 2. The van der Waals surface area contributed by atoms with E-state index in [9.17, 15) is 4.79 Å². The van der Waals surface area contributed by atoms with Crippen LogP contribution in [0.5, 0.6) is 0 Å². The van der Waals surface area contributed by atoms with Gasteiger partial charge < -0.3 is 4.74 Å². The van der Waals surface area contributed by atoms with Crippen molar-refractivity contribution in [2.24, 2.45) is 11.8 Å². The summed E-state index contributed by atoms with van der Waals surface area (Å²) < 4.78 is 4.87. The maximum Gasteiger partial charge on any atom is 0.309 e. The fourth-order valence-electron chi connectivity index (χ4n) is 1.25. The largest absolute Gasteiger partial charge is 0.466 e. The Hall–Kier alpha value is -0.790. The second-order valence-corrected chi connectivity index (χ2v) is 3.05. The first-order chi connectivity index (χ1) is 5.16. The van der Waals surface area contributed by atoms with Crippen LogP contribution in [-0.2, 0) is 9.53 Å². The van der Waals surface area contributed by atoms with Crippen LogP contribution in [0, 0.1) is 11.8 Å². The van der Waals surface area contributed by atoms with Crippen LogP contribution < -0.4 is 0 Å². The highest BCUT2D eigenvalue weighted by molar-refractivity contribution is 5.76. The molecule has 0 amide bonds. The molecule has 0 aromatic heterocycles. The van der Waals surface area contributed by atoms with Crippen LogP contribution in [0.15, 0.2) is 12.2 Å².